The predicted octanol–water partition coefficient (Wildman–Crippen LogP) is 4.76. The van der Waals surface area contributed by atoms with Crippen LogP contribution >= 0.6 is 0 Å². The zero-order valence-corrected chi connectivity index (χ0v) is 16.3. The minimum atomic E-state index is -0.301. The van der Waals surface area contributed by atoms with E-state index in [1.807, 2.05) is 31.2 Å². The predicted molar refractivity (Wildman–Crippen MR) is 113 cm³/mol. The summed E-state index contributed by atoms with van der Waals surface area (Å²) in [4.78, 5) is 23.2. The van der Waals surface area contributed by atoms with Gasteiger partial charge >= 0.3 is 0 Å². The fourth-order valence-corrected chi connectivity index (χ4v) is 2.57. The largest absolute Gasteiger partial charge is 0.484 e. The van der Waals surface area contributed by atoms with Crippen LogP contribution in [0.1, 0.15) is 12.5 Å². The maximum absolute atomic E-state index is 12.1. The van der Waals surface area contributed by atoms with E-state index in [9.17, 15) is 9.59 Å². The lowest BCUT2D eigenvalue weighted by molar-refractivity contribution is -0.118. The number of aryl methyl sites for hydroxylation is 1. The Morgan fingerprint density at radius 1 is 0.793 bits per heavy atom. The number of carbonyl (C=O) groups excluding carboxylic acids is 2. The molecule has 3 aromatic carbocycles. The van der Waals surface area contributed by atoms with Gasteiger partial charge in [0.25, 0.3) is 5.91 Å². The summed E-state index contributed by atoms with van der Waals surface area (Å²) in [5, 5.41) is 5.40. The number of benzene rings is 3. The van der Waals surface area contributed by atoms with Crippen molar-refractivity contribution in [3.8, 4) is 17.2 Å². The van der Waals surface area contributed by atoms with Gasteiger partial charge in [0.05, 0.1) is 0 Å². The third kappa shape index (κ3) is 6.39. The topological polar surface area (TPSA) is 76.7 Å². The van der Waals surface area contributed by atoms with Crippen molar-refractivity contribution in [2.45, 2.75) is 13.8 Å². The van der Waals surface area contributed by atoms with Gasteiger partial charge in [0.2, 0.25) is 5.91 Å². The molecule has 0 unspecified atom stereocenters. The van der Waals surface area contributed by atoms with Gasteiger partial charge in [-0.3, -0.25) is 9.59 Å². The summed E-state index contributed by atoms with van der Waals surface area (Å²) >= 11 is 0. The van der Waals surface area contributed by atoms with E-state index in [-0.39, 0.29) is 18.4 Å². The minimum Gasteiger partial charge on any atom is -0.484 e. The average molecular weight is 390 g/mol. The molecule has 2 amide bonds. The number of hydrogen-bond acceptors (Lipinski definition) is 4. The van der Waals surface area contributed by atoms with Crippen LogP contribution in [0.15, 0.2) is 72.8 Å². The molecule has 29 heavy (non-hydrogen) atoms. The maximum Gasteiger partial charge on any atom is 0.262 e. The van der Waals surface area contributed by atoms with E-state index in [0.717, 1.165) is 5.75 Å². The van der Waals surface area contributed by atoms with E-state index < -0.39 is 0 Å². The average Bonchev–Trinajstić information content (AvgIpc) is 2.69. The molecule has 0 aliphatic carbocycles. The summed E-state index contributed by atoms with van der Waals surface area (Å²) in [7, 11) is 0. The fourth-order valence-electron chi connectivity index (χ4n) is 2.57. The van der Waals surface area contributed by atoms with Gasteiger partial charge in [-0.1, -0.05) is 23.8 Å². The molecule has 0 aliphatic heterocycles. The number of nitrogens with one attached hydrogen (secondary N) is 2. The third-order valence-corrected chi connectivity index (χ3v) is 3.92. The molecule has 3 rings (SSSR count). The van der Waals surface area contributed by atoms with Crippen molar-refractivity contribution < 1.29 is 19.1 Å². The highest BCUT2D eigenvalue weighted by molar-refractivity contribution is 5.94. The normalized spacial score (nSPS) is 10.1. The summed E-state index contributed by atoms with van der Waals surface area (Å²) in [6.45, 7) is 3.31. The van der Waals surface area contributed by atoms with Gasteiger partial charge in [0.1, 0.15) is 17.2 Å². The molecular weight excluding hydrogens is 368 g/mol. The Kier molecular flexibility index (Phi) is 6.47. The maximum atomic E-state index is 12.1. The second kappa shape index (κ2) is 9.41. The summed E-state index contributed by atoms with van der Waals surface area (Å²) in [5.41, 5.74) is 2.35. The number of carbonyl (C=O) groups is 2. The van der Waals surface area contributed by atoms with Gasteiger partial charge in [0, 0.05) is 18.3 Å². The number of hydrogen-bond donors (Lipinski definition) is 2. The Morgan fingerprint density at radius 2 is 1.34 bits per heavy atom. The molecule has 148 valence electrons. The molecule has 0 heterocycles. The van der Waals surface area contributed by atoms with Crippen molar-refractivity contribution in [3.63, 3.8) is 0 Å². The highest BCUT2D eigenvalue weighted by atomic mass is 16.5. The molecule has 0 aromatic heterocycles. The van der Waals surface area contributed by atoms with Crippen molar-refractivity contribution in [2.24, 2.45) is 0 Å². The van der Waals surface area contributed by atoms with Crippen LogP contribution in [0.3, 0.4) is 0 Å². The first-order valence-corrected chi connectivity index (χ1v) is 9.13. The van der Waals surface area contributed by atoms with Crippen LogP contribution in [-0.2, 0) is 9.59 Å². The molecule has 6 nitrogen and oxygen atoms in total. The zero-order valence-electron chi connectivity index (χ0n) is 16.3. The molecule has 2 N–H and O–H groups in total. The Balaban J connectivity index is 1.50. The van der Waals surface area contributed by atoms with E-state index in [0.29, 0.717) is 22.9 Å². The standard InChI is InChI=1S/C23H22N2O4/c1-16-6-8-21(9-7-16)29-22-12-10-20(11-13-22)28-15-23(27)25-19-5-3-4-18(14-19)24-17(2)26/h3-14H,15H2,1-2H3,(H,24,26)(H,25,27). The first-order valence-electron chi connectivity index (χ1n) is 9.13. The second-order valence-corrected chi connectivity index (χ2v) is 6.49. The van der Waals surface area contributed by atoms with Crippen LogP contribution in [0.4, 0.5) is 11.4 Å². The summed E-state index contributed by atoms with van der Waals surface area (Å²) in [6.07, 6.45) is 0. The Bertz CT molecular complexity index is 983. The molecule has 0 radical (unpaired) electrons. The molecule has 3 aromatic rings. The summed E-state index contributed by atoms with van der Waals surface area (Å²) < 4.78 is 11.3. The zero-order chi connectivity index (χ0) is 20.6. The smallest absolute Gasteiger partial charge is 0.262 e. The lowest BCUT2D eigenvalue weighted by Crippen LogP contribution is -2.20. The van der Waals surface area contributed by atoms with Crippen LogP contribution in [-0.4, -0.2) is 18.4 Å². The lowest BCUT2D eigenvalue weighted by atomic mass is 10.2. The minimum absolute atomic E-state index is 0.136. The Hall–Kier alpha value is -3.80. The highest BCUT2D eigenvalue weighted by Crippen LogP contribution is 2.24. The molecule has 0 atom stereocenters. The van der Waals surface area contributed by atoms with Gasteiger partial charge < -0.3 is 20.1 Å². The van der Waals surface area contributed by atoms with Crippen molar-refractivity contribution in [1.82, 2.24) is 0 Å². The molecule has 0 bridgehead atoms. The van der Waals surface area contributed by atoms with Crippen molar-refractivity contribution in [1.29, 1.82) is 0 Å². The highest BCUT2D eigenvalue weighted by Gasteiger charge is 2.06. The van der Waals surface area contributed by atoms with Crippen molar-refractivity contribution >= 4 is 23.2 Å². The molecule has 0 spiro atoms. The van der Waals surface area contributed by atoms with Crippen LogP contribution in [0.25, 0.3) is 0 Å². The molecule has 6 heteroatoms. The summed E-state index contributed by atoms with van der Waals surface area (Å²) in [5.74, 6) is 1.52. The van der Waals surface area contributed by atoms with Gasteiger partial charge in [-0.2, -0.15) is 0 Å². The van der Waals surface area contributed by atoms with Crippen LogP contribution in [0, 0.1) is 6.92 Å². The monoisotopic (exact) mass is 390 g/mol. The SMILES string of the molecule is CC(=O)Nc1cccc(NC(=O)COc2ccc(Oc3ccc(C)cc3)cc2)c1. The molecule has 0 fully saturated rings. The lowest BCUT2D eigenvalue weighted by Gasteiger charge is -2.10. The Labute approximate surface area is 169 Å². The summed E-state index contributed by atoms with van der Waals surface area (Å²) in [6, 6.07) is 21.7. The second-order valence-electron chi connectivity index (χ2n) is 6.49. The number of rotatable bonds is 7. The van der Waals surface area contributed by atoms with Crippen LogP contribution < -0.4 is 20.1 Å². The van der Waals surface area contributed by atoms with Crippen LogP contribution in [0.5, 0.6) is 17.2 Å². The van der Waals surface area contributed by atoms with Crippen molar-refractivity contribution in [2.75, 3.05) is 17.2 Å². The first-order chi connectivity index (χ1) is 14.0. The molecule has 0 saturated carbocycles. The van der Waals surface area contributed by atoms with Gasteiger partial charge in [-0.25, -0.2) is 0 Å². The van der Waals surface area contributed by atoms with E-state index in [1.165, 1.54) is 12.5 Å². The number of amides is 2. The molecule has 0 aliphatic rings. The van der Waals surface area contributed by atoms with E-state index in [1.54, 1.807) is 48.5 Å². The third-order valence-electron chi connectivity index (χ3n) is 3.92. The number of ether oxygens (including phenoxy) is 2. The van der Waals surface area contributed by atoms with Gasteiger partial charge in [0.15, 0.2) is 6.61 Å². The van der Waals surface area contributed by atoms with Crippen LogP contribution in [0.2, 0.25) is 0 Å². The van der Waals surface area contributed by atoms with Gasteiger partial charge in [-0.05, 0) is 61.5 Å². The van der Waals surface area contributed by atoms with Gasteiger partial charge in [-0.15, -0.1) is 0 Å². The first kappa shape index (κ1) is 19.9. The Morgan fingerprint density at radius 3 is 1.97 bits per heavy atom. The number of anilines is 2. The van der Waals surface area contributed by atoms with E-state index >= 15 is 0 Å². The van der Waals surface area contributed by atoms with E-state index in [4.69, 9.17) is 9.47 Å². The molecule has 0 saturated heterocycles. The quantitative estimate of drug-likeness (QED) is 0.610. The van der Waals surface area contributed by atoms with E-state index in [2.05, 4.69) is 10.6 Å². The van der Waals surface area contributed by atoms with Crippen molar-refractivity contribution in [3.05, 3.63) is 78.4 Å². The molecular formula is C23H22N2O4. The fraction of sp³-hybridized carbons (Fsp3) is 0.130.